The maximum atomic E-state index is 14.3. The Hall–Kier alpha value is -3.00. The van der Waals surface area contributed by atoms with E-state index in [4.69, 9.17) is 14.2 Å². The summed E-state index contributed by atoms with van der Waals surface area (Å²) in [6, 6.07) is 6.57. The molecule has 7 aliphatic rings. The van der Waals surface area contributed by atoms with Gasteiger partial charge in [0.05, 0.1) is 12.7 Å². The van der Waals surface area contributed by atoms with Gasteiger partial charge >= 0.3 is 11.9 Å². The third kappa shape index (κ3) is 2.88. The number of ketones is 2. The van der Waals surface area contributed by atoms with Gasteiger partial charge < -0.3 is 19.1 Å². The average molecular weight is 534 g/mol. The lowest BCUT2D eigenvalue weighted by Gasteiger charge is -2.68. The highest BCUT2D eigenvalue weighted by molar-refractivity contribution is 5.96. The van der Waals surface area contributed by atoms with Gasteiger partial charge in [-0.1, -0.05) is 19.1 Å². The minimum absolute atomic E-state index is 0.103. The van der Waals surface area contributed by atoms with E-state index in [0.29, 0.717) is 43.5 Å². The molecule has 1 aromatic carbocycles. The highest BCUT2D eigenvalue weighted by Gasteiger charge is 2.85. The Morgan fingerprint density at radius 3 is 2.49 bits per heavy atom. The van der Waals surface area contributed by atoms with Crippen LogP contribution >= 0.6 is 0 Å². The van der Waals surface area contributed by atoms with Crippen LogP contribution in [-0.4, -0.2) is 67.4 Å². The van der Waals surface area contributed by atoms with Crippen LogP contribution in [0.4, 0.5) is 0 Å². The van der Waals surface area contributed by atoms with E-state index >= 15 is 0 Å². The molecule has 1 aliphatic heterocycles. The molecular weight excluding hydrogens is 498 g/mol. The van der Waals surface area contributed by atoms with Gasteiger partial charge in [-0.15, -0.1) is 0 Å². The number of methoxy groups -OCH3 is 1. The number of ether oxygens (including phenoxy) is 3. The molecule has 6 bridgehead atoms. The van der Waals surface area contributed by atoms with Gasteiger partial charge in [0.25, 0.3) is 0 Å². The Balaban J connectivity index is 1.35. The smallest absolute Gasteiger partial charge is 0.338 e. The van der Waals surface area contributed by atoms with E-state index in [1.807, 2.05) is 14.0 Å². The van der Waals surface area contributed by atoms with E-state index < -0.39 is 40.4 Å². The van der Waals surface area contributed by atoms with Gasteiger partial charge in [0.2, 0.25) is 0 Å². The van der Waals surface area contributed by atoms with Crippen molar-refractivity contribution in [1.82, 2.24) is 4.90 Å². The lowest BCUT2D eigenvalue weighted by atomic mass is 9.39. The fraction of sp³-hybridized carbons (Fsp3) is 0.613. The largest absolute Gasteiger partial charge is 0.497 e. The van der Waals surface area contributed by atoms with Gasteiger partial charge in [0, 0.05) is 54.5 Å². The fourth-order valence-electron chi connectivity index (χ4n) is 10.9. The van der Waals surface area contributed by atoms with Crippen molar-refractivity contribution in [2.75, 3.05) is 20.7 Å². The molecule has 10 atom stereocenters. The van der Waals surface area contributed by atoms with Crippen molar-refractivity contribution >= 4 is 23.5 Å². The maximum absolute atomic E-state index is 14.3. The maximum Gasteiger partial charge on any atom is 0.338 e. The number of esters is 2. The Morgan fingerprint density at radius 1 is 1.10 bits per heavy atom. The number of fused-ring (bicyclic) bond motifs is 1. The Morgan fingerprint density at radius 2 is 1.82 bits per heavy atom. The molecule has 6 saturated carbocycles. The van der Waals surface area contributed by atoms with Crippen LogP contribution in [0.25, 0.3) is 0 Å². The van der Waals surface area contributed by atoms with Gasteiger partial charge in [-0.25, -0.2) is 4.79 Å². The van der Waals surface area contributed by atoms with Crippen LogP contribution in [0.1, 0.15) is 49.9 Å². The molecule has 0 radical (unpaired) electrons. The van der Waals surface area contributed by atoms with Crippen LogP contribution in [-0.2, 0) is 23.9 Å². The highest BCUT2D eigenvalue weighted by Crippen LogP contribution is 2.81. The van der Waals surface area contributed by atoms with Crippen molar-refractivity contribution in [2.24, 2.45) is 39.9 Å². The van der Waals surface area contributed by atoms with Crippen LogP contribution in [0, 0.1) is 39.9 Å². The van der Waals surface area contributed by atoms with Crippen LogP contribution in [0.2, 0.25) is 0 Å². The average Bonchev–Trinajstić information content (AvgIpc) is 2.96. The summed E-state index contributed by atoms with van der Waals surface area (Å²) in [5, 5.41) is 0. The van der Waals surface area contributed by atoms with Crippen LogP contribution < -0.4 is 4.74 Å². The number of carbonyl (C=O) groups excluding carboxylic acids is 4. The second-order valence-electron chi connectivity index (χ2n) is 13.2. The van der Waals surface area contributed by atoms with Crippen molar-refractivity contribution in [2.45, 2.75) is 57.8 Å². The van der Waals surface area contributed by atoms with Crippen molar-refractivity contribution in [3.63, 3.8) is 0 Å². The SMILES string of the molecule is C=C1C[C@]23CC(=O)[C@@H]4[C@]5(C)CN(C)[C@@H]6[C@H]2C(=O)[C@H]1C[C@H]3[C@]46C[C@@H](OC(C)=O)[C@@H]5OC(=O)c1ccc(OC)cc1. The molecule has 39 heavy (non-hydrogen) atoms. The molecule has 0 unspecified atom stereocenters. The standard InChI is InChI=1S/C31H35NO7/c1-15-11-30-12-20(34)25-29(3)14-32(4)26-23(30)24(35)19(15)10-22(30)31(25,26)13-21(38-16(2)33)27(29)39-28(36)17-6-8-18(37-5)9-7-17/h6-9,19,21-23,25-27H,1,10-14H2,2-5H3/t19-,21+,22+,23+,25+,26+,27-,29-,30+,31+/m0/s1. The summed E-state index contributed by atoms with van der Waals surface area (Å²) in [6.07, 6.45) is 0.681. The number of piperidine rings is 1. The van der Waals surface area contributed by atoms with Crippen molar-refractivity contribution < 1.29 is 33.4 Å². The first-order chi connectivity index (χ1) is 18.5. The van der Waals surface area contributed by atoms with Gasteiger partial charge in [-0.05, 0) is 61.9 Å². The number of carbonyl (C=O) groups is 4. The van der Waals surface area contributed by atoms with Gasteiger partial charge in [-0.2, -0.15) is 0 Å². The zero-order valence-electron chi connectivity index (χ0n) is 22.9. The third-order valence-corrected chi connectivity index (χ3v) is 11.5. The van der Waals surface area contributed by atoms with Crippen LogP contribution in [0.15, 0.2) is 36.4 Å². The Kier molecular flexibility index (Phi) is 5.00. The zero-order valence-corrected chi connectivity index (χ0v) is 22.9. The molecule has 0 amide bonds. The van der Waals surface area contributed by atoms with Crippen LogP contribution in [0.3, 0.4) is 0 Å². The van der Waals surface area contributed by atoms with Crippen LogP contribution in [0.5, 0.6) is 5.75 Å². The number of nitrogens with zero attached hydrogens (tertiary/aromatic N) is 1. The van der Waals surface area contributed by atoms with Crippen molar-refractivity contribution in [3.05, 3.63) is 42.0 Å². The molecule has 6 aliphatic carbocycles. The second kappa shape index (κ2) is 7.80. The molecular formula is C31H35NO7. The number of allylic oxidation sites excluding steroid dienone is 1. The molecule has 2 spiro atoms. The fourth-order valence-corrected chi connectivity index (χ4v) is 10.9. The lowest BCUT2D eigenvalue weighted by Crippen LogP contribution is -2.75. The summed E-state index contributed by atoms with van der Waals surface area (Å²) < 4.78 is 17.4. The summed E-state index contributed by atoms with van der Waals surface area (Å²) in [7, 11) is 3.60. The zero-order chi connectivity index (χ0) is 27.6. The molecule has 0 aromatic heterocycles. The summed E-state index contributed by atoms with van der Waals surface area (Å²) >= 11 is 0. The molecule has 8 rings (SSSR count). The number of Topliss-reactive ketones (excluding diaryl/α,β-unsaturated/α-hetero) is 2. The number of hydrogen-bond acceptors (Lipinski definition) is 8. The monoisotopic (exact) mass is 533 g/mol. The normalized spacial score (nSPS) is 45.2. The Labute approximate surface area is 228 Å². The number of rotatable bonds is 4. The first-order valence-electron chi connectivity index (χ1n) is 13.9. The predicted molar refractivity (Wildman–Crippen MR) is 139 cm³/mol. The third-order valence-electron chi connectivity index (χ3n) is 11.5. The summed E-state index contributed by atoms with van der Waals surface area (Å²) in [6.45, 7) is 8.12. The molecule has 1 saturated heterocycles. The van der Waals surface area contributed by atoms with Gasteiger partial charge in [-0.3, -0.25) is 14.4 Å². The first-order valence-corrected chi connectivity index (χ1v) is 13.9. The topological polar surface area (TPSA) is 99.2 Å². The molecule has 8 heteroatoms. The molecule has 1 heterocycles. The molecule has 1 aromatic rings. The van der Waals surface area contributed by atoms with Gasteiger partial charge in [0.1, 0.15) is 29.5 Å². The van der Waals surface area contributed by atoms with E-state index in [2.05, 4.69) is 11.5 Å². The summed E-state index contributed by atoms with van der Waals surface area (Å²) in [5.74, 6) is -0.556. The highest BCUT2D eigenvalue weighted by atomic mass is 16.6. The van der Waals surface area contributed by atoms with E-state index in [1.165, 1.54) is 6.92 Å². The number of likely N-dealkylation sites (tertiary alicyclic amines) is 1. The molecule has 7 fully saturated rings. The van der Waals surface area contributed by atoms with Gasteiger partial charge in [0.15, 0.2) is 0 Å². The summed E-state index contributed by atoms with van der Waals surface area (Å²) in [4.78, 5) is 56.3. The quantitative estimate of drug-likeness (QED) is 0.430. The van der Waals surface area contributed by atoms with Crippen molar-refractivity contribution in [1.29, 1.82) is 0 Å². The Bertz CT molecular complexity index is 1340. The lowest BCUT2D eigenvalue weighted by molar-refractivity contribution is -0.245. The number of benzene rings is 1. The van der Waals surface area contributed by atoms with E-state index in [0.717, 1.165) is 5.57 Å². The molecule has 0 N–H and O–H groups in total. The minimum Gasteiger partial charge on any atom is -0.497 e. The minimum atomic E-state index is -0.809. The number of hydrogen-bond donors (Lipinski definition) is 0. The molecule has 206 valence electrons. The molecule has 8 nitrogen and oxygen atoms in total. The van der Waals surface area contributed by atoms with E-state index in [1.54, 1.807) is 31.4 Å². The first kappa shape index (κ1) is 25.0. The second-order valence-corrected chi connectivity index (χ2v) is 13.2. The van der Waals surface area contributed by atoms with Crippen molar-refractivity contribution in [3.8, 4) is 5.75 Å². The summed E-state index contributed by atoms with van der Waals surface area (Å²) in [5.41, 5.74) is -0.390. The van der Waals surface area contributed by atoms with E-state index in [-0.39, 0.29) is 41.3 Å². The predicted octanol–water partition coefficient (Wildman–Crippen LogP) is 3.23. The van der Waals surface area contributed by atoms with E-state index in [9.17, 15) is 19.2 Å².